The van der Waals surface area contributed by atoms with Crippen molar-refractivity contribution >= 4 is 11.6 Å². The maximum absolute atomic E-state index is 13.1. The summed E-state index contributed by atoms with van der Waals surface area (Å²) < 4.78 is 12.2. The molecular formula is C30H33NO4. The Morgan fingerprint density at radius 3 is 2.03 bits per heavy atom. The maximum atomic E-state index is 13.1. The van der Waals surface area contributed by atoms with Crippen molar-refractivity contribution in [3.63, 3.8) is 0 Å². The van der Waals surface area contributed by atoms with E-state index in [9.17, 15) is 9.59 Å². The third kappa shape index (κ3) is 4.64. The monoisotopic (exact) mass is 471 g/mol. The first-order valence-corrected chi connectivity index (χ1v) is 12.7. The van der Waals surface area contributed by atoms with Gasteiger partial charge in [-0.15, -0.1) is 0 Å². The van der Waals surface area contributed by atoms with Gasteiger partial charge in [0, 0.05) is 41.3 Å². The molecule has 182 valence electrons. The summed E-state index contributed by atoms with van der Waals surface area (Å²) in [4.78, 5) is 26.2. The fraction of sp³-hybridized carbons (Fsp3) is 0.400. The van der Waals surface area contributed by atoms with Gasteiger partial charge in [-0.1, -0.05) is 35.4 Å². The smallest absolute Gasteiger partial charge is 0.161 e. The lowest BCUT2D eigenvalue weighted by Crippen LogP contribution is -2.36. The lowest BCUT2D eigenvalue weighted by atomic mass is 9.71. The van der Waals surface area contributed by atoms with Crippen molar-refractivity contribution in [1.82, 2.24) is 5.32 Å². The van der Waals surface area contributed by atoms with Crippen molar-refractivity contribution in [3.05, 3.63) is 81.2 Å². The molecule has 1 heterocycles. The van der Waals surface area contributed by atoms with Crippen LogP contribution in [0.25, 0.3) is 0 Å². The summed E-state index contributed by atoms with van der Waals surface area (Å²) >= 11 is 0. The quantitative estimate of drug-likeness (QED) is 0.561. The number of nitrogens with one attached hydrogen (secondary N) is 1. The Morgan fingerprint density at radius 1 is 0.800 bits per heavy atom. The molecule has 5 rings (SSSR count). The molecule has 0 fully saturated rings. The molecule has 5 heteroatoms. The Hall–Kier alpha value is -3.34. The number of carbonyl (C=O) groups excluding carboxylic acids is 2. The van der Waals surface area contributed by atoms with E-state index < -0.39 is 0 Å². The molecule has 0 saturated carbocycles. The van der Waals surface area contributed by atoms with Crippen molar-refractivity contribution in [1.29, 1.82) is 0 Å². The van der Waals surface area contributed by atoms with E-state index in [1.807, 2.05) is 25.1 Å². The first kappa shape index (κ1) is 23.4. The van der Waals surface area contributed by atoms with Crippen LogP contribution in [0.3, 0.4) is 0 Å². The Kier molecular flexibility index (Phi) is 6.50. The number of rotatable bonds is 6. The topological polar surface area (TPSA) is 64.6 Å². The van der Waals surface area contributed by atoms with Crippen LogP contribution >= 0.6 is 0 Å². The molecule has 1 N–H and O–H groups in total. The lowest BCUT2D eigenvalue weighted by molar-refractivity contribution is -0.116. The summed E-state index contributed by atoms with van der Waals surface area (Å²) in [6, 6.07) is 12.3. The van der Waals surface area contributed by atoms with Gasteiger partial charge in [0.1, 0.15) is 6.61 Å². The van der Waals surface area contributed by atoms with Gasteiger partial charge in [0.2, 0.25) is 0 Å². The lowest BCUT2D eigenvalue weighted by Gasteiger charge is -2.37. The first-order valence-electron chi connectivity index (χ1n) is 12.7. The predicted molar refractivity (Wildman–Crippen MR) is 136 cm³/mol. The fourth-order valence-electron chi connectivity index (χ4n) is 5.72. The van der Waals surface area contributed by atoms with Gasteiger partial charge in [0.25, 0.3) is 0 Å². The highest BCUT2D eigenvalue weighted by atomic mass is 16.5. The normalized spacial score (nSPS) is 18.3. The number of hydrogen-bond donors (Lipinski definition) is 1. The maximum Gasteiger partial charge on any atom is 0.161 e. The van der Waals surface area contributed by atoms with Crippen molar-refractivity contribution in [2.45, 2.75) is 71.8 Å². The van der Waals surface area contributed by atoms with E-state index in [2.05, 4.69) is 37.4 Å². The van der Waals surface area contributed by atoms with E-state index in [4.69, 9.17) is 9.47 Å². The summed E-state index contributed by atoms with van der Waals surface area (Å²) in [6.07, 6.45) is 4.45. The Labute approximate surface area is 207 Å². The van der Waals surface area contributed by atoms with Crippen LogP contribution in [0, 0.1) is 13.8 Å². The summed E-state index contributed by atoms with van der Waals surface area (Å²) in [5, 5.41) is 3.48. The van der Waals surface area contributed by atoms with Gasteiger partial charge in [-0.05, 0) is 69.7 Å². The van der Waals surface area contributed by atoms with E-state index in [1.54, 1.807) is 0 Å². The van der Waals surface area contributed by atoms with Gasteiger partial charge in [-0.3, -0.25) is 9.59 Å². The van der Waals surface area contributed by atoms with Crippen LogP contribution in [-0.2, 0) is 16.2 Å². The van der Waals surface area contributed by atoms with Crippen molar-refractivity contribution in [2.75, 3.05) is 6.61 Å². The van der Waals surface area contributed by atoms with E-state index in [1.165, 1.54) is 11.1 Å². The van der Waals surface area contributed by atoms with Gasteiger partial charge >= 0.3 is 0 Å². The second kappa shape index (κ2) is 9.73. The van der Waals surface area contributed by atoms with Crippen LogP contribution in [0.2, 0.25) is 0 Å². The standard InChI is InChI=1S/C30H33NO4/c1-4-34-27-16-21(11-12-26(27)35-17-20-14-18(2)13-19(3)15-20)28-29-22(7-5-9-24(29)32)31-23-8-6-10-25(33)30(23)28/h11-16,28,31H,4-10,17H2,1-3H3. The molecule has 2 aromatic rings. The molecule has 1 aliphatic heterocycles. The average Bonchev–Trinajstić information content (AvgIpc) is 2.82. The molecule has 5 nitrogen and oxygen atoms in total. The second-order valence-electron chi connectivity index (χ2n) is 9.82. The van der Waals surface area contributed by atoms with Crippen LogP contribution in [0.4, 0.5) is 0 Å². The number of aryl methyl sites for hydroxylation is 2. The van der Waals surface area contributed by atoms with E-state index >= 15 is 0 Å². The number of carbonyl (C=O) groups is 2. The second-order valence-corrected chi connectivity index (χ2v) is 9.82. The van der Waals surface area contributed by atoms with Gasteiger partial charge in [0.05, 0.1) is 6.61 Å². The molecule has 0 atom stereocenters. The number of ketones is 2. The molecule has 0 unspecified atom stereocenters. The summed E-state index contributed by atoms with van der Waals surface area (Å²) in [6.45, 7) is 7.05. The summed E-state index contributed by atoms with van der Waals surface area (Å²) in [5.74, 6) is 1.25. The largest absolute Gasteiger partial charge is 0.490 e. The number of Topliss-reactive ketones (excluding diaryl/α,β-unsaturated/α-hetero) is 2. The highest BCUT2D eigenvalue weighted by Gasteiger charge is 2.40. The van der Waals surface area contributed by atoms with Gasteiger partial charge < -0.3 is 14.8 Å². The van der Waals surface area contributed by atoms with E-state index in [0.717, 1.165) is 59.4 Å². The number of benzene rings is 2. The molecule has 0 saturated heterocycles. The van der Waals surface area contributed by atoms with Crippen LogP contribution in [0.5, 0.6) is 11.5 Å². The highest BCUT2D eigenvalue weighted by molar-refractivity contribution is 6.06. The Morgan fingerprint density at radius 2 is 1.43 bits per heavy atom. The fourth-order valence-corrected chi connectivity index (χ4v) is 5.72. The van der Waals surface area contributed by atoms with E-state index in [-0.39, 0.29) is 17.5 Å². The van der Waals surface area contributed by atoms with Crippen molar-refractivity contribution in [2.24, 2.45) is 0 Å². The zero-order chi connectivity index (χ0) is 24.5. The molecule has 2 aromatic carbocycles. The number of allylic oxidation sites excluding steroid dienone is 4. The van der Waals surface area contributed by atoms with Crippen LogP contribution in [-0.4, -0.2) is 18.2 Å². The molecule has 0 radical (unpaired) electrons. The van der Waals surface area contributed by atoms with Crippen molar-refractivity contribution < 1.29 is 19.1 Å². The van der Waals surface area contributed by atoms with Crippen LogP contribution in [0.15, 0.2) is 58.9 Å². The molecule has 0 spiro atoms. The van der Waals surface area contributed by atoms with Crippen molar-refractivity contribution in [3.8, 4) is 11.5 Å². The summed E-state index contributed by atoms with van der Waals surface area (Å²) in [5.41, 5.74) is 7.94. The molecule has 35 heavy (non-hydrogen) atoms. The zero-order valence-electron chi connectivity index (χ0n) is 20.8. The van der Waals surface area contributed by atoms with Gasteiger partial charge in [-0.25, -0.2) is 0 Å². The molecule has 3 aliphatic rings. The summed E-state index contributed by atoms with van der Waals surface area (Å²) in [7, 11) is 0. The van der Waals surface area contributed by atoms with Gasteiger partial charge in [-0.2, -0.15) is 0 Å². The number of dihydropyridines is 1. The molecule has 2 aliphatic carbocycles. The minimum absolute atomic E-state index is 0.141. The zero-order valence-corrected chi connectivity index (χ0v) is 20.8. The van der Waals surface area contributed by atoms with Gasteiger partial charge in [0.15, 0.2) is 23.1 Å². The average molecular weight is 472 g/mol. The Bertz CT molecular complexity index is 1190. The number of hydrogen-bond acceptors (Lipinski definition) is 5. The predicted octanol–water partition coefficient (Wildman–Crippen LogP) is 5.98. The van der Waals surface area contributed by atoms with E-state index in [0.29, 0.717) is 37.6 Å². The minimum atomic E-state index is -0.338. The van der Waals surface area contributed by atoms with Crippen LogP contribution < -0.4 is 14.8 Å². The SMILES string of the molecule is CCOc1cc(C2C3=C(CCCC3=O)NC3=C2C(=O)CCC3)ccc1OCc1cc(C)cc(C)c1. The molecule has 0 aromatic heterocycles. The number of ether oxygens (including phenoxy) is 2. The highest BCUT2D eigenvalue weighted by Crippen LogP contribution is 2.46. The first-order chi connectivity index (χ1) is 16.9. The minimum Gasteiger partial charge on any atom is -0.490 e. The molecule has 0 bridgehead atoms. The Balaban J connectivity index is 1.52. The molecule has 0 amide bonds. The molecular weight excluding hydrogens is 438 g/mol. The van der Waals surface area contributed by atoms with Crippen LogP contribution in [0.1, 0.15) is 73.6 Å². The third-order valence-corrected chi connectivity index (χ3v) is 7.07. The third-order valence-electron chi connectivity index (χ3n) is 7.07.